The van der Waals surface area contributed by atoms with Gasteiger partial charge in [0.25, 0.3) is 5.91 Å². The van der Waals surface area contributed by atoms with Crippen molar-refractivity contribution in [3.63, 3.8) is 0 Å². The lowest BCUT2D eigenvalue weighted by atomic mass is 9.80. The Bertz CT molecular complexity index is 1250. The Balaban J connectivity index is 1.45. The van der Waals surface area contributed by atoms with E-state index < -0.39 is 5.60 Å². The molecule has 1 amide bonds. The van der Waals surface area contributed by atoms with Gasteiger partial charge in [0, 0.05) is 28.8 Å². The zero-order valence-corrected chi connectivity index (χ0v) is 20.5. The third kappa shape index (κ3) is 5.09. The van der Waals surface area contributed by atoms with Crippen LogP contribution < -0.4 is 14.8 Å². The lowest BCUT2D eigenvalue weighted by Crippen LogP contribution is -2.36. The summed E-state index contributed by atoms with van der Waals surface area (Å²) in [5.74, 6) is 0.974. The molecule has 2 aliphatic rings. The molecule has 4 aromatic rings. The quantitative estimate of drug-likeness (QED) is 0.227. The summed E-state index contributed by atoms with van der Waals surface area (Å²) in [4.78, 5) is 13.0. The van der Waals surface area contributed by atoms with Gasteiger partial charge < -0.3 is 19.5 Å². The number of nitrogens with one attached hydrogen (secondary N) is 1. The first-order valence-corrected chi connectivity index (χ1v) is 12.8. The number of benzene rings is 4. The molecule has 1 heterocycles. The van der Waals surface area contributed by atoms with Crippen LogP contribution in [-0.2, 0) is 10.3 Å². The average molecular weight is 492 g/mol. The Kier molecular flexibility index (Phi) is 6.37. The van der Waals surface area contributed by atoms with Crippen molar-refractivity contribution in [2.75, 3.05) is 13.2 Å². The van der Waals surface area contributed by atoms with Crippen molar-refractivity contribution in [1.29, 1.82) is 0 Å². The molecule has 4 aromatic carbocycles. The van der Waals surface area contributed by atoms with Crippen molar-refractivity contribution in [3.8, 4) is 11.5 Å². The maximum Gasteiger partial charge on any atom is 0.255 e. The number of amides is 1. The normalized spacial score (nSPS) is 16.6. The van der Waals surface area contributed by atoms with Crippen molar-refractivity contribution in [1.82, 2.24) is 5.32 Å². The van der Waals surface area contributed by atoms with Crippen LogP contribution in [0.2, 0.25) is 0 Å². The van der Waals surface area contributed by atoms with E-state index in [9.17, 15) is 4.79 Å². The van der Waals surface area contributed by atoms with Crippen LogP contribution in [0.1, 0.15) is 39.9 Å². The van der Waals surface area contributed by atoms with Gasteiger partial charge in [-0.25, -0.2) is 0 Å². The fourth-order valence-corrected chi connectivity index (χ4v) is 4.58. The van der Waals surface area contributed by atoms with Crippen LogP contribution in [0.25, 0.3) is 0 Å². The Morgan fingerprint density at radius 3 is 1.84 bits per heavy atom. The Hall–Kier alpha value is -4.09. The second kappa shape index (κ2) is 10.1. The number of hydrogen-bond acceptors (Lipinski definition) is 4. The summed E-state index contributed by atoms with van der Waals surface area (Å²) in [6.45, 7) is 1.08. The van der Waals surface area contributed by atoms with E-state index >= 15 is 0 Å². The first-order chi connectivity index (χ1) is 18.2. The molecular formula is C32H29NO4. The van der Waals surface area contributed by atoms with Gasteiger partial charge in [-0.15, -0.1) is 0 Å². The standard InChI is InChI=1S/C32H29NO4/c34-31(33-26-16-17-26)29-19-18-27(20-30(29)36-22-28-21-35-28)37-32(23-10-4-1-5-11-23,24-12-6-2-7-13-24)25-14-8-3-9-15-25/h1-15,18-20,26,28H,16-17,21-22H2,(H,33,34)/t28-/m0/s1. The lowest BCUT2D eigenvalue weighted by Gasteiger charge is -2.36. The number of ether oxygens (including phenoxy) is 3. The highest BCUT2D eigenvalue weighted by molar-refractivity contribution is 5.97. The maximum absolute atomic E-state index is 13.0. The van der Waals surface area contributed by atoms with Crippen molar-refractivity contribution >= 4 is 5.91 Å². The van der Waals surface area contributed by atoms with Crippen LogP contribution >= 0.6 is 0 Å². The van der Waals surface area contributed by atoms with Gasteiger partial charge in [0.1, 0.15) is 24.2 Å². The zero-order chi connectivity index (χ0) is 25.1. The third-order valence-electron chi connectivity index (χ3n) is 6.75. The molecule has 1 atom stereocenters. The average Bonchev–Trinajstić information content (AvgIpc) is 3.89. The summed E-state index contributed by atoms with van der Waals surface area (Å²) in [5, 5.41) is 3.07. The number of carbonyl (C=O) groups excluding carboxylic acids is 1. The Labute approximate surface area is 217 Å². The molecular weight excluding hydrogens is 462 g/mol. The minimum absolute atomic E-state index is 0.0703. The zero-order valence-electron chi connectivity index (χ0n) is 20.5. The molecule has 0 bridgehead atoms. The Morgan fingerprint density at radius 1 is 0.811 bits per heavy atom. The van der Waals surface area contributed by atoms with Gasteiger partial charge in [-0.2, -0.15) is 0 Å². The molecule has 0 unspecified atom stereocenters. The van der Waals surface area contributed by atoms with E-state index in [0.717, 1.165) is 29.5 Å². The van der Waals surface area contributed by atoms with Crippen LogP contribution in [0.5, 0.6) is 11.5 Å². The van der Waals surface area contributed by atoms with E-state index in [2.05, 4.69) is 41.7 Å². The largest absolute Gasteiger partial charge is 0.490 e. The van der Waals surface area contributed by atoms with Gasteiger partial charge in [-0.1, -0.05) is 91.0 Å². The molecule has 1 aliphatic heterocycles. The summed E-state index contributed by atoms with van der Waals surface area (Å²) in [7, 11) is 0. The van der Waals surface area contributed by atoms with Gasteiger partial charge in [-0.3, -0.25) is 4.79 Å². The fraction of sp³-hybridized carbons (Fsp3) is 0.219. The second-order valence-electron chi connectivity index (χ2n) is 9.55. The number of rotatable bonds is 10. The van der Waals surface area contributed by atoms with Crippen LogP contribution in [0.4, 0.5) is 0 Å². The third-order valence-corrected chi connectivity index (χ3v) is 6.75. The minimum Gasteiger partial charge on any atom is -0.490 e. The first-order valence-electron chi connectivity index (χ1n) is 12.8. The van der Waals surface area contributed by atoms with Gasteiger partial charge in [-0.05, 0) is 25.0 Å². The molecule has 0 radical (unpaired) electrons. The topological polar surface area (TPSA) is 60.1 Å². The van der Waals surface area contributed by atoms with E-state index in [1.54, 1.807) is 6.07 Å². The predicted octanol–water partition coefficient (Wildman–Crippen LogP) is 5.73. The lowest BCUT2D eigenvalue weighted by molar-refractivity contribution is 0.0946. The molecule has 0 aromatic heterocycles. The van der Waals surface area contributed by atoms with E-state index in [-0.39, 0.29) is 18.1 Å². The summed E-state index contributed by atoms with van der Waals surface area (Å²) >= 11 is 0. The van der Waals surface area contributed by atoms with Gasteiger partial charge >= 0.3 is 0 Å². The summed E-state index contributed by atoms with van der Waals surface area (Å²) in [6, 6.07) is 36.4. The smallest absolute Gasteiger partial charge is 0.255 e. The number of epoxide rings is 1. The number of hydrogen-bond donors (Lipinski definition) is 1. The molecule has 1 saturated heterocycles. The van der Waals surface area contributed by atoms with Gasteiger partial charge in [0.2, 0.25) is 0 Å². The molecule has 6 rings (SSSR count). The predicted molar refractivity (Wildman–Crippen MR) is 142 cm³/mol. The molecule has 2 fully saturated rings. The molecule has 5 nitrogen and oxygen atoms in total. The molecule has 5 heteroatoms. The van der Waals surface area contributed by atoms with E-state index in [1.165, 1.54) is 0 Å². The molecule has 37 heavy (non-hydrogen) atoms. The van der Waals surface area contributed by atoms with Crippen LogP contribution in [-0.4, -0.2) is 31.3 Å². The fourth-order valence-electron chi connectivity index (χ4n) is 4.58. The van der Waals surface area contributed by atoms with Crippen molar-refractivity contribution in [2.45, 2.75) is 30.6 Å². The highest BCUT2D eigenvalue weighted by Gasteiger charge is 2.39. The second-order valence-corrected chi connectivity index (χ2v) is 9.55. The molecule has 186 valence electrons. The number of carbonyl (C=O) groups is 1. The van der Waals surface area contributed by atoms with Crippen molar-refractivity contribution in [2.24, 2.45) is 0 Å². The van der Waals surface area contributed by atoms with Gasteiger partial charge in [0.05, 0.1) is 12.2 Å². The van der Waals surface area contributed by atoms with Crippen LogP contribution in [0, 0.1) is 0 Å². The SMILES string of the molecule is O=C(NC1CC1)c1ccc(OC(c2ccccc2)(c2ccccc2)c2ccccc2)cc1OC[C@@H]1CO1. The maximum atomic E-state index is 13.0. The van der Waals surface area contributed by atoms with E-state index in [0.29, 0.717) is 30.3 Å². The van der Waals surface area contributed by atoms with Crippen LogP contribution in [0.15, 0.2) is 109 Å². The van der Waals surface area contributed by atoms with E-state index in [1.807, 2.05) is 66.7 Å². The summed E-state index contributed by atoms with van der Waals surface area (Å²) in [5.41, 5.74) is 2.58. The molecule has 1 N–H and O–H groups in total. The highest BCUT2D eigenvalue weighted by Crippen LogP contribution is 2.42. The monoisotopic (exact) mass is 491 g/mol. The first kappa shape index (κ1) is 23.3. The molecule has 0 spiro atoms. The summed E-state index contributed by atoms with van der Waals surface area (Å²) in [6.07, 6.45) is 2.11. The van der Waals surface area contributed by atoms with Crippen LogP contribution in [0.3, 0.4) is 0 Å². The molecule has 1 saturated carbocycles. The van der Waals surface area contributed by atoms with Crippen molar-refractivity contribution < 1.29 is 19.0 Å². The highest BCUT2D eigenvalue weighted by atomic mass is 16.6. The molecule has 1 aliphatic carbocycles. The Morgan fingerprint density at radius 2 is 1.35 bits per heavy atom. The van der Waals surface area contributed by atoms with Crippen molar-refractivity contribution in [3.05, 3.63) is 131 Å². The summed E-state index contributed by atoms with van der Waals surface area (Å²) < 4.78 is 18.4. The van der Waals surface area contributed by atoms with E-state index in [4.69, 9.17) is 14.2 Å². The van der Waals surface area contributed by atoms with Gasteiger partial charge in [0.15, 0.2) is 5.60 Å². The minimum atomic E-state index is -0.918.